The number of methoxy groups -OCH3 is 1. The van der Waals surface area contributed by atoms with Gasteiger partial charge >= 0.3 is 5.69 Å². The maximum atomic E-state index is 12.7. The minimum absolute atomic E-state index is 0. The maximum Gasteiger partial charge on any atom is 0.312 e. The SMILES string of the molecule is COc1ccc(S(=O)(=O)N2CCC(OCCCN)CC2)cc1[N+](=O)[O-].Cl. The highest BCUT2D eigenvalue weighted by Gasteiger charge is 2.31. The number of ether oxygens (including phenoxy) is 2. The fourth-order valence-corrected chi connectivity index (χ4v) is 4.18. The zero-order valence-electron chi connectivity index (χ0n) is 14.5. The summed E-state index contributed by atoms with van der Waals surface area (Å²) in [4.78, 5) is 10.3. The van der Waals surface area contributed by atoms with Crippen LogP contribution in [0.4, 0.5) is 5.69 Å². The molecular weight excluding hydrogens is 386 g/mol. The zero-order chi connectivity index (χ0) is 18.4. The quantitative estimate of drug-likeness (QED) is 0.392. The van der Waals surface area contributed by atoms with Gasteiger partial charge in [0.15, 0.2) is 5.75 Å². The highest BCUT2D eigenvalue weighted by molar-refractivity contribution is 7.89. The molecule has 11 heteroatoms. The van der Waals surface area contributed by atoms with E-state index in [1.54, 1.807) is 0 Å². The Labute approximate surface area is 159 Å². The molecule has 26 heavy (non-hydrogen) atoms. The van der Waals surface area contributed by atoms with Crippen molar-refractivity contribution in [1.82, 2.24) is 4.31 Å². The molecule has 2 rings (SSSR count). The van der Waals surface area contributed by atoms with E-state index < -0.39 is 14.9 Å². The van der Waals surface area contributed by atoms with E-state index in [-0.39, 0.29) is 34.8 Å². The predicted molar refractivity (Wildman–Crippen MR) is 98.3 cm³/mol. The number of piperidine rings is 1. The summed E-state index contributed by atoms with van der Waals surface area (Å²) in [5.41, 5.74) is 5.05. The van der Waals surface area contributed by atoms with Crippen LogP contribution in [0.2, 0.25) is 0 Å². The van der Waals surface area contributed by atoms with Gasteiger partial charge in [-0.3, -0.25) is 10.1 Å². The molecule has 1 saturated heterocycles. The highest BCUT2D eigenvalue weighted by Crippen LogP contribution is 2.31. The number of nitro groups is 1. The standard InChI is InChI=1S/C15H23N3O6S.ClH/c1-23-15-4-3-13(11-14(15)18(19)20)25(21,22)17-8-5-12(6-9-17)24-10-2-7-16;/h3-4,11-12H,2,5-10,16H2,1H3;1H. The fourth-order valence-electron chi connectivity index (χ4n) is 2.69. The topological polar surface area (TPSA) is 125 Å². The lowest BCUT2D eigenvalue weighted by Crippen LogP contribution is -2.41. The molecule has 0 unspecified atom stereocenters. The van der Waals surface area contributed by atoms with E-state index >= 15 is 0 Å². The lowest BCUT2D eigenvalue weighted by Gasteiger charge is -2.31. The van der Waals surface area contributed by atoms with Crippen LogP contribution in [0.3, 0.4) is 0 Å². The van der Waals surface area contributed by atoms with E-state index in [0.717, 1.165) is 12.5 Å². The molecule has 0 spiro atoms. The van der Waals surface area contributed by atoms with Crippen molar-refractivity contribution in [3.05, 3.63) is 28.3 Å². The number of nitrogens with zero attached hydrogens (tertiary/aromatic N) is 2. The monoisotopic (exact) mass is 409 g/mol. The molecule has 0 amide bonds. The van der Waals surface area contributed by atoms with Gasteiger partial charge in [0.25, 0.3) is 0 Å². The van der Waals surface area contributed by atoms with Crippen molar-refractivity contribution in [3.63, 3.8) is 0 Å². The molecular formula is C15H24ClN3O6S. The normalized spacial score (nSPS) is 16.1. The van der Waals surface area contributed by atoms with Gasteiger partial charge in [-0.25, -0.2) is 8.42 Å². The van der Waals surface area contributed by atoms with Gasteiger partial charge in [-0.15, -0.1) is 12.4 Å². The molecule has 0 bridgehead atoms. The van der Waals surface area contributed by atoms with Crippen LogP contribution in [0.1, 0.15) is 19.3 Å². The third-order valence-corrected chi connectivity index (χ3v) is 5.98. The van der Waals surface area contributed by atoms with Crippen LogP contribution in [0.5, 0.6) is 5.75 Å². The van der Waals surface area contributed by atoms with Gasteiger partial charge in [-0.05, 0) is 37.9 Å². The second-order valence-electron chi connectivity index (χ2n) is 5.71. The van der Waals surface area contributed by atoms with Crippen LogP contribution in [0.15, 0.2) is 23.1 Å². The second-order valence-corrected chi connectivity index (χ2v) is 7.65. The second kappa shape index (κ2) is 10.0. The highest BCUT2D eigenvalue weighted by atomic mass is 35.5. The lowest BCUT2D eigenvalue weighted by atomic mass is 10.1. The number of rotatable bonds is 8. The van der Waals surface area contributed by atoms with E-state index in [0.29, 0.717) is 39.1 Å². The van der Waals surface area contributed by atoms with Crippen molar-refractivity contribution in [2.45, 2.75) is 30.3 Å². The number of hydrogen-bond donors (Lipinski definition) is 1. The van der Waals surface area contributed by atoms with Gasteiger partial charge in [0.1, 0.15) is 0 Å². The summed E-state index contributed by atoms with van der Waals surface area (Å²) in [6, 6.07) is 3.66. The van der Waals surface area contributed by atoms with Crippen LogP contribution in [0, 0.1) is 10.1 Å². The third kappa shape index (κ3) is 5.27. The Hall–Kier alpha value is -1.46. The number of sulfonamides is 1. The molecule has 1 heterocycles. The van der Waals surface area contributed by atoms with Crippen molar-refractivity contribution in [2.75, 3.05) is 33.4 Å². The van der Waals surface area contributed by atoms with E-state index in [1.165, 1.54) is 23.5 Å². The van der Waals surface area contributed by atoms with E-state index in [4.69, 9.17) is 15.2 Å². The minimum Gasteiger partial charge on any atom is -0.490 e. The van der Waals surface area contributed by atoms with Crippen LogP contribution in [-0.2, 0) is 14.8 Å². The number of nitrogens with two attached hydrogens (primary N) is 1. The molecule has 0 aromatic heterocycles. The summed E-state index contributed by atoms with van der Waals surface area (Å²) in [6.45, 7) is 1.76. The molecule has 1 aliphatic rings. The molecule has 0 aliphatic carbocycles. The smallest absolute Gasteiger partial charge is 0.312 e. The lowest BCUT2D eigenvalue weighted by molar-refractivity contribution is -0.386. The van der Waals surface area contributed by atoms with E-state index in [9.17, 15) is 18.5 Å². The molecule has 9 nitrogen and oxygen atoms in total. The molecule has 1 aliphatic heterocycles. The van der Waals surface area contributed by atoms with Gasteiger partial charge < -0.3 is 15.2 Å². The first kappa shape index (κ1) is 22.6. The van der Waals surface area contributed by atoms with Crippen molar-refractivity contribution < 1.29 is 22.8 Å². The fraction of sp³-hybridized carbons (Fsp3) is 0.600. The largest absolute Gasteiger partial charge is 0.490 e. The number of benzene rings is 1. The number of hydrogen-bond acceptors (Lipinski definition) is 7. The van der Waals surface area contributed by atoms with Gasteiger partial charge in [-0.1, -0.05) is 0 Å². The van der Waals surface area contributed by atoms with Crippen molar-refractivity contribution in [2.24, 2.45) is 5.73 Å². The minimum atomic E-state index is -3.79. The molecule has 0 atom stereocenters. The van der Waals surface area contributed by atoms with E-state index in [1.807, 2.05) is 0 Å². The average molecular weight is 410 g/mol. The predicted octanol–water partition coefficient (Wildman–Crippen LogP) is 1.54. The number of halogens is 1. The molecule has 1 fully saturated rings. The van der Waals surface area contributed by atoms with Crippen LogP contribution in [-0.4, -0.2) is 57.1 Å². The molecule has 2 N–H and O–H groups in total. The molecule has 0 radical (unpaired) electrons. The summed E-state index contributed by atoms with van der Waals surface area (Å²) < 4.78 is 37.4. The summed E-state index contributed by atoms with van der Waals surface area (Å²) in [5.74, 6) is 0.0240. The summed E-state index contributed by atoms with van der Waals surface area (Å²) >= 11 is 0. The zero-order valence-corrected chi connectivity index (χ0v) is 16.1. The van der Waals surface area contributed by atoms with Gasteiger partial charge in [-0.2, -0.15) is 4.31 Å². The first-order valence-electron chi connectivity index (χ1n) is 8.04. The third-order valence-electron chi connectivity index (χ3n) is 4.09. The Morgan fingerprint density at radius 1 is 1.35 bits per heavy atom. The summed E-state index contributed by atoms with van der Waals surface area (Å²) in [5, 5.41) is 11.1. The Bertz CT molecular complexity index is 707. The summed E-state index contributed by atoms with van der Waals surface area (Å²) in [7, 11) is -2.50. The molecule has 1 aromatic rings. The van der Waals surface area contributed by atoms with E-state index in [2.05, 4.69) is 0 Å². The number of nitro benzene ring substituents is 1. The van der Waals surface area contributed by atoms with Crippen LogP contribution < -0.4 is 10.5 Å². The van der Waals surface area contributed by atoms with Gasteiger partial charge in [0.2, 0.25) is 10.0 Å². The van der Waals surface area contributed by atoms with Gasteiger partial charge in [0.05, 0.1) is 23.0 Å². The molecule has 0 saturated carbocycles. The van der Waals surface area contributed by atoms with Crippen LogP contribution >= 0.6 is 12.4 Å². The molecule has 148 valence electrons. The van der Waals surface area contributed by atoms with Gasteiger partial charge in [0, 0.05) is 25.8 Å². The van der Waals surface area contributed by atoms with Crippen molar-refractivity contribution in [1.29, 1.82) is 0 Å². The first-order chi connectivity index (χ1) is 11.9. The first-order valence-corrected chi connectivity index (χ1v) is 9.48. The Morgan fingerprint density at radius 2 is 2.00 bits per heavy atom. The maximum absolute atomic E-state index is 12.7. The Morgan fingerprint density at radius 3 is 2.54 bits per heavy atom. The summed E-state index contributed by atoms with van der Waals surface area (Å²) in [6.07, 6.45) is 1.96. The van der Waals surface area contributed by atoms with Crippen molar-refractivity contribution >= 4 is 28.1 Å². The molecule has 1 aromatic carbocycles. The average Bonchev–Trinajstić information content (AvgIpc) is 2.61. The van der Waals surface area contributed by atoms with Crippen LogP contribution in [0.25, 0.3) is 0 Å². The Balaban J connectivity index is 0.00000338. The Kier molecular flexibility index (Phi) is 8.71. The van der Waals surface area contributed by atoms with Crippen molar-refractivity contribution in [3.8, 4) is 5.75 Å².